The fraction of sp³-hybridized carbons (Fsp3) is 0.630. The molecular weight excluding hydrogens is 817 g/mol. The van der Waals surface area contributed by atoms with Crippen molar-refractivity contribution in [1.29, 1.82) is 0 Å². The number of ether oxygens (including phenoxy) is 4. The number of aromatic nitrogens is 3. The van der Waals surface area contributed by atoms with Gasteiger partial charge in [0.15, 0.2) is 11.4 Å². The molecule has 0 aliphatic carbocycles. The van der Waals surface area contributed by atoms with Crippen molar-refractivity contribution in [3.8, 4) is 23.2 Å². The zero-order chi connectivity index (χ0) is 46.2. The minimum absolute atomic E-state index is 0.0138. The van der Waals surface area contributed by atoms with Crippen molar-refractivity contribution in [1.82, 2.24) is 19.9 Å². The van der Waals surface area contributed by atoms with E-state index in [1.54, 1.807) is 51.4 Å². The quantitative estimate of drug-likeness (QED) is 0.116. The number of methoxy groups -OCH3 is 2. The lowest BCUT2D eigenvalue weighted by atomic mass is 9.84. The minimum Gasteiger partial charge on any atom is -0.462 e. The Hall–Kier alpha value is -4.97. The van der Waals surface area contributed by atoms with Gasteiger partial charge >= 0.3 is 11.9 Å². The topological polar surface area (TPSA) is 227 Å². The van der Waals surface area contributed by atoms with Crippen LogP contribution in [0.5, 0.6) is 0 Å². The predicted molar refractivity (Wildman–Crippen MR) is 230 cm³/mol. The second kappa shape index (κ2) is 24.8. The highest BCUT2D eigenvalue weighted by atomic mass is 16.6. The molecule has 0 aromatic carbocycles. The number of rotatable bonds is 15. The molecule has 1 aliphatic heterocycles. The maximum absolute atomic E-state index is 13.6. The molecule has 63 heavy (non-hydrogen) atoms. The molecule has 0 spiro atoms. The summed E-state index contributed by atoms with van der Waals surface area (Å²) in [6, 6.07) is 0. The summed E-state index contributed by atoms with van der Waals surface area (Å²) in [7, 11) is 4.85. The standard InChI is InChI=1S/C46H66N4O13/c1-27(16-17-38(55)30(4)44(62-32(6)52)28(2)18-19-50(7)26-51)40(58-9)22-41-31(5)39(57-8)14-11-15-42-47-36(24-59-42)45-49-37(25-61-45)46-48-35(23-60-46)29(3)20-33(53)12-10-13-34(54)21-43(56)63-41/h11,15,18-19,23-25,27-31,34,39-41,44,51,54H,10,12-14,16-17,20-22,26H2,1-9H3/b15-11?,19-18+/t27-,28-,29-,30+,31+,34-,39-,40-,41-,44+/m0/s1. The number of fused-ring (bicyclic) bond motifs is 8. The number of nitrogens with zero attached hydrogens (tertiary/aromatic N) is 4. The SMILES string of the molecule is CO[C@H]1CC=Cc2nc(co2)-c2nc(co2)-c2nc(co2)[C@@H](C)CC(=O)CCC[C@H](O)CC(=O)O[C@@H](C[C@H](OC)[C@@H](C)CCC(=O)[C@@H](C)[C@H](OC(C)=O)[C@@H](C)/C=C/N(C)CO)[C@@H]1C. The summed E-state index contributed by atoms with van der Waals surface area (Å²) < 4.78 is 40.6. The van der Waals surface area contributed by atoms with Crippen molar-refractivity contribution in [3.05, 3.63) is 48.7 Å². The molecule has 2 N–H and O–H groups in total. The van der Waals surface area contributed by atoms with Gasteiger partial charge in [0.05, 0.1) is 36.3 Å². The number of aliphatic hydroxyl groups excluding tert-OH is 2. The molecule has 4 rings (SSSR count). The fourth-order valence-electron chi connectivity index (χ4n) is 7.67. The zero-order valence-corrected chi connectivity index (χ0v) is 38.1. The Morgan fingerprint density at radius 2 is 1.70 bits per heavy atom. The van der Waals surface area contributed by atoms with Crippen LogP contribution < -0.4 is 0 Å². The van der Waals surface area contributed by atoms with Crippen molar-refractivity contribution in [2.24, 2.45) is 23.7 Å². The van der Waals surface area contributed by atoms with E-state index in [0.717, 1.165) is 0 Å². The van der Waals surface area contributed by atoms with Gasteiger partial charge in [-0.15, -0.1) is 0 Å². The van der Waals surface area contributed by atoms with E-state index < -0.39 is 48.4 Å². The lowest BCUT2D eigenvalue weighted by Gasteiger charge is -2.34. The number of Topliss-reactive ketones (excluding diaryl/α,β-unsaturated/α-hetero) is 2. The smallest absolute Gasteiger partial charge is 0.308 e. The van der Waals surface area contributed by atoms with Gasteiger partial charge in [-0.2, -0.15) is 0 Å². The molecule has 6 bridgehead atoms. The summed E-state index contributed by atoms with van der Waals surface area (Å²) in [6.45, 7) is 10.5. The molecule has 0 saturated carbocycles. The number of carbonyl (C=O) groups excluding carboxylic acids is 4. The molecule has 0 amide bonds. The monoisotopic (exact) mass is 882 g/mol. The van der Waals surface area contributed by atoms with Crippen LogP contribution in [0.4, 0.5) is 0 Å². The summed E-state index contributed by atoms with van der Waals surface area (Å²) in [5, 5.41) is 20.2. The van der Waals surface area contributed by atoms with Gasteiger partial charge in [-0.05, 0) is 43.9 Å². The van der Waals surface area contributed by atoms with Crippen LogP contribution in [0.2, 0.25) is 0 Å². The second-order valence-corrected chi connectivity index (χ2v) is 16.8. The lowest BCUT2D eigenvalue weighted by Crippen LogP contribution is -2.39. The fourth-order valence-corrected chi connectivity index (χ4v) is 7.67. The highest BCUT2D eigenvalue weighted by Gasteiger charge is 2.35. The largest absolute Gasteiger partial charge is 0.462 e. The van der Waals surface area contributed by atoms with Gasteiger partial charge in [0.2, 0.25) is 17.7 Å². The summed E-state index contributed by atoms with van der Waals surface area (Å²) >= 11 is 0. The van der Waals surface area contributed by atoms with E-state index in [4.69, 9.17) is 32.2 Å². The van der Waals surface area contributed by atoms with E-state index >= 15 is 0 Å². The van der Waals surface area contributed by atoms with Gasteiger partial charge in [0.1, 0.15) is 49.3 Å². The van der Waals surface area contributed by atoms with Crippen LogP contribution in [0.3, 0.4) is 0 Å². The van der Waals surface area contributed by atoms with Crippen LogP contribution in [0.25, 0.3) is 29.2 Å². The van der Waals surface area contributed by atoms with Crippen LogP contribution in [0.15, 0.2) is 50.4 Å². The first kappa shape index (κ1) is 50.7. The van der Waals surface area contributed by atoms with Crippen molar-refractivity contribution in [2.75, 3.05) is 28.0 Å². The number of oxazole rings is 3. The number of carbonyl (C=O) groups is 4. The number of cyclic esters (lactones) is 1. The maximum atomic E-state index is 13.6. The van der Waals surface area contributed by atoms with E-state index in [-0.39, 0.29) is 92.3 Å². The normalized spacial score (nSPS) is 23.2. The molecule has 348 valence electrons. The molecule has 1 aliphatic rings. The Bertz CT molecular complexity index is 1970. The Morgan fingerprint density at radius 3 is 2.40 bits per heavy atom. The molecular formula is C46H66N4O13. The number of ketones is 2. The molecule has 3 aromatic rings. The Balaban J connectivity index is 1.51. The Kier molecular flexibility index (Phi) is 19.9. The molecule has 0 unspecified atom stereocenters. The Labute approximate surface area is 369 Å². The van der Waals surface area contributed by atoms with Crippen molar-refractivity contribution < 1.29 is 61.6 Å². The molecule has 4 heterocycles. The lowest BCUT2D eigenvalue weighted by molar-refractivity contribution is -0.160. The average molecular weight is 883 g/mol. The molecule has 0 radical (unpaired) electrons. The summed E-state index contributed by atoms with van der Waals surface area (Å²) in [5.74, 6) is -2.13. The van der Waals surface area contributed by atoms with E-state index in [9.17, 15) is 29.4 Å². The third-order valence-corrected chi connectivity index (χ3v) is 11.7. The van der Waals surface area contributed by atoms with Gasteiger partial charge in [-0.25, -0.2) is 15.0 Å². The molecule has 10 atom stereocenters. The highest BCUT2D eigenvalue weighted by Crippen LogP contribution is 2.31. The number of hydrogen-bond donors (Lipinski definition) is 2. The van der Waals surface area contributed by atoms with Crippen LogP contribution in [0.1, 0.15) is 117 Å². The van der Waals surface area contributed by atoms with Crippen LogP contribution >= 0.6 is 0 Å². The molecule has 0 fully saturated rings. The minimum atomic E-state index is -1.03. The third-order valence-electron chi connectivity index (χ3n) is 11.7. The van der Waals surface area contributed by atoms with E-state index in [2.05, 4.69) is 15.0 Å². The Morgan fingerprint density at radius 1 is 1.00 bits per heavy atom. The zero-order valence-electron chi connectivity index (χ0n) is 38.1. The summed E-state index contributed by atoms with van der Waals surface area (Å²) in [5.41, 5.74) is 1.30. The number of hydrogen-bond acceptors (Lipinski definition) is 17. The van der Waals surface area contributed by atoms with E-state index in [0.29, 0.717) is 42.2 Å². The third kappa shape index (κ3) is 15.4. The van der Waals surface area contributed by atoms with E-state index in [1.807, 2.05) is 33.8 Å². The first-order valence-electron chi connectivity index (χ1n) is 21.7. The highest BCUT2D eigenvalue weighted by molar-refractivity contribution is 5.82. The average Bonchev–Trinajstić information content (AvgIpc) is 4.05. The second-order valence-electron chi connectivity index (χ2n) is 16.8. The van der Waals surface area contributed by atoms with E-state index in [1.165, 1.54) is 25.7 Å². The maximum Gasteiger partial charge on any atom is 0.308 e. The molecule has 17 nitrogen and oxygen atoms in total. The molecule has 3 aromatic heterocycles. The van der Waals surface area contributed by atoms with Gasteiger partial charge in [-0.3, -0.25) is 19.2 Å². The summed E-state index contributed by atoms with van der Waals surface area (Å²) in [4.78, 5) is 67.1. The molecule has 0 saturated heterocycles. The summed E-state index contributed by atoms with van der Waals surface area (Å²) in [6.07, 6.45) is 10.1. The van der Waals surface area contributed by atoms with Gasteiger partial charge < -0.3 is 47.3 Å². The van der Waals surface area contributed by atoms with Crippen molar-refractivity contribution in [3.63, 3.8) is 0 Å². The molecule has 17 heteroatoms. The van der Waals surface area contributed by atoms with Gasteiger partial charge in [-0.1, -0.05) is 46.8 Å². The predicted octanol–water partition coefficient (Wildman–Crippen LogP) is 6.94. The number of esters is 2. The van der Waals surface area contributed by atoms with Crippen LogP contribution in [0, 0.1) is 23.7 Å². The van der Waals surface area contributed by atoms with Crippen molar-refractivity contribution in [2.45, 2.75) is 136 Å². The first-order valence-corrected chi connectivity index (χ1v) is 21.7. The first-order chi connectivity index (χ1) is 30.0. The van der Waals surface area contributed by atoms with Gasteiger partial charge in [0, 0.05) is 71.6 Å². The van der Waals surface area contributed by atoms with Gasteiger partial charge in [0.25, 0.3) is 0 Å². The number of aliphatic hydroxyl groups is 2. The van der Waals surface area contributed by atoms with Crippen LogP contribution in [-0.4, -0.2) is 112 Å². The van der Waals surface area contributed by atoms with Crippen LogP contribution in [-0.2, 0) is 38.1 Å². The van der Waals surface area contributed by atoms with Crippen molar-refractivity contribution >= 4 is 29.6 Å².